The van der Waals surface area contributed by atoms with Gasteiger partial charge in [-0.1, -0.05) is 0 Å². The number of likely N-dealkylation sites (tertiary alicyclic amines) is 2. The van der Waals surface area contributed by atoms with E-state index in [2.05, 4.69) is 4.90 Å². The zero-order chi connectivity index (χ0) is 15.8. The Bertz CT molecular complexity index is 422. The number of aliphatic carboxylic acids is 1. The lowest BCUT2D eigenvalue weighted by molar-refractivity contribution is -0.145. The van der Waals surface area contributed by atoms with Crippen LogP contribution in [0.1, 0.15) is 33.6 Å². The summed E-state index contributed by atoms with van der Waals surface area (Å²) in [6, 6.07) is 0. The van der Waals surface area contributed by atoms with Gasteiger partial charge in [0.15, 0.2) is 0 Å². The average Bonchev–Trinajstić information content (AvgIpc) is 2.71. The van der Waals surface area contributed by atoms with E-state index < -0.39 is 23.6 Å². The minimum atomic E-state index is -0.800. The topological polar surface area (TPSA) is 70.1 Å². The molecule has 0 radical (unpaired) electrons. The lowest BCUT2D eigenvalue weighted by atomic mass is 9.71. The van der Waals surface area contributed by atoms with Crippen molar-refractivity contribution < 1.29 is 19.4 Å². The van der Waals surface area contributed by atoms with Crippen molar-refractivity contribution in [2.75, 3.05) is 33.2 Å². The first kappa shape index (κ1) is 16.1. The van der Waals surface area contributed by atoms with Crippen LogP contribution in [-0.4, -0.2) is 65.8 Å². The predicted molar refractivity (Wildman–Crippen MR) is 78.1 cm³/mol. The summed E-state index contributed by atoms with van der Waals surface area (Å²) in [5, 5.41) is 9.54. The Balaban J connectivity index is 2.12. The number of amides is 1. The van der Waals surface area contributed by atoms with Crippen molar-refractivity contribution in [1.82, 2.24) is 9.80 Å². The van der Waals surface area contributed by atoms with E-state index in [1.54, 1.807) is 4.90 Å². The van der Waals surface area contributed by atoms with Crippen LogP contribution < -0.4 is 0 Å². The Morgan fingerprint density at radius 3 is 2.29 bits per heavy atom. The van der Waals surface area contributed by atoms with E-state index in [-0.39, 0.29) is 12.0 Å². The molecule has 1 unspecified atom stereocenters. The van der Waals surface area contributed by atoms with Crippen molar-refractivity contribution in [2.45, 2.75) is 39.2 Å². The second-order valence-electron chi connectivity index (χ2n) is 7.42. The summed E-state index contributed by atoms with van der Waals surface area (Å²) in [4.78, 5) is 27.6. The van der Waals surface area contributed by atoms with E-state index >= 15 is 0 Å². The third kappa shape index (κ3) is 3.48. The molecule has 0 aromatic heterocycles. The van der Waals surface area contributed by atoms with Gasteiger partial charge in [-0.3, -0.25) is 4.79 Å². The standard InChI is InChI=1S/C15H26N2O4/c1-14(2,3)21-13(20)17-9-11(12(18)19)15(10-17)5-7-16(4)8-6-15/h11H,5-10H2,1-4H3,(H,18,19). The molecule has 6 heteroatoms. The van der Waals surface area contributed by atoms with E-state index in [1.807, 2.05) is 27.8 Å². The Morgan fingerprint density at radius 2 is 1.81 bits per heavy atom. The smallest absolute Gasteiger partial charge is 0.410 e. The molecule has 0 bridgehead atoms. The summed E-state index contributed by atoms with van der Waals surface area (Å²) in [5.41, 5.74) is -0.854. The first-order valence-corrected chi connectivity index (χ1v) is 7.52. The van der Waals surface area contributed by atoms with Gasteiger partial charge in [0.05, 0.1) is 5.92 Å². The highest BCUT2D eigenvalue weighted by Crippen LogP contribution is 2.45. The van der Waals surface area contributed by atoms with E-state index in [0.717, 1.165) is 25.9 Å². The number of carbonyl (C=O) groups is 2. The van der Waals surface area contributed by atoms with Crippen LogP contribution in [0.5, 0.6) is 0 Å². The summed E-state index contributed by atoms with van der Waals surface area (Å²) < 4.78 is 5.39. The van der Waals surface area contributed by atoms with E-state index in [9.17, 15) is 14.7 Å². The normalized spacial score (nSPS) is 26.1. The molecule has 2 rings (SSSR count). The van der Waals surface area contributed by atoms with Crippen molar-refractivity contribution >= 4 is 12.1 Å². The van der Waals surface area contributed by atoms with Gasteiger partial charge in [0.25, 0.3) is 0 Å². The third-order valence-electron chi connectivity index (χ3n) is 4.58. The maximum atomic E-state index is 12.2. The number of carboxylic acids is 1. The average molecular weight is 298 g/mol. The summed E-state index contributed by atoms with van der Waals surface area (Å²) in [5.74, 6) is -1.29. The first-order chi connectivity index (χ1) is 9.63. The van der Waals surface area contributed by atoms with Crippen molar-refractivity contribution in [1.29, 1.82) is 0 Å². The zero-order valence-electron chi connectivity index (χ0n) is 13.4. The second kappa shape index (κ2) is 5.48. The summed E-state index contributed by atoms with van der Waals surface area (Å²) in [7, 11) is 2.04. The predicted octanol–water partition coefficient (Wildman–Crippen LogP) is 1.65. The highest BCUT2D eigenvalue weighted by Gasteiger charge is 2.52. The van der Waals surface area contributed by atoms with Crippen LogP contribution >= 0.6 is 0 Å². The number of ether oxygens (including phenoxy) is 1. The molecule has 1 atom stereocenters. The molecule has 2 aliphatic rings. The zero-order valence-corrected chi connectivity index (χ0v) is 13.4. The van der Waals surface area contributed by atoms with Gasteiger partial charge in [-0.05, 0) is 53.8 Å². The van der Waals surface area contributed by atoms with Gasteiger partial charge in [-0.25, -0.2) is 4.79 Å². The van der Waals surface area contributed by atoms with Gasteiger partial charge in [0.2, 0.25) is 0 Å². The molecule has 2 fully saturated rings. The number of hydrogen-bond donors (Lipinski definition) is 1. The van der Waals surface area contributed by atoms with Crippen molar-refractivity contribution in [3.05, 3.63) is 0 Å². The molecule has 1 N–H and O–H groups in total. The second-order valence-corrected chi connectivity index (χ2v) is 7.42. The number of carboxylic acid groups (broad SMARTS) is 1. The third-order valence-corrected chi connectivity index (χ3v) is 4.58. The van der Waals surface area contributed by atoms with Crippen LogP contribution in [0.4, 0.5) is 4.79 Å². The van der Waals surface area contributed by atoms with Crippen LogP contribution in [-0.2, 0) is 9.53 Å². The van der Waals surface area contributed by atoms with Crippen molar-refractivity contribution in [3.63, 3.8) is 0 Å². The van der Waals surface area contributed by atoms with Crippen LogP contribution in [0.25, 0.3) is 0 Å². The number of piperidine rings is 1. The van der Waals surface area contributed by atoms with Gasteiger partial charge in [0, 0.05) is 18.5 Å². The van der Waals surface area contributed by atoms with Gasteiger partial charge < -0.3 is 19.6 Å². The molecule has 0 saturated carbocycles. The molecule has 2 saturated heterocycles. The largest absolute Gasteiger partial charge is 0.481 e. The maximum Gasteiger partial charge on any atom is 0.410 e. The monoisotopic (exact) mass is 298 g/mol. The first-order valence-electron chi connectivity index (χ1n) is 7.52. The molecule has 6 nitrogen and oxygen atoms in total. The minimum Gasteiger partial charge on any atom is -0.481 e. The van der Waals surface area contributed by atoms with E-state index in [0.29, 0.717) is 6.54 Å². The lowest BCUT2D eigenvalue weighted by Gasteiger charge is -2.39. The van der Waals surface area contributed by atoms with Gasteiger partial charge in [-0.2, -0.15) is 0 Å². The number of hydrogen-bond acceptors (Lipinski definition) is 4. The Morgan fingerprint density at radius 1 is 1.24 bits per heavy atom. The molecule has 120 valence electrons. The number of carbonyl (C=O) groups excluding carboxylic acids is 1. The minimum absolute atomic E-state index is 0.258. The Kier molecular flexibility index (Phi) is 4.19. The van der Waals surface area contributed by atoms with Gasteiger partial charge in [-0.15, -0.1) is 0 Å². The highest BCUT2D eigenvalue weighted by molar-refractivity contribution is 5.75. The van der Waals surface area contributed by atoms with E-state index in [4.69, 9.17) is 4.74 Å². The summed E-state index contributed by atoms with van der Waals surface area (Å²) in [6.45, 7) is 7.97. The molecule has 1 spiro atoms. The Hall–Kier alpha value is -1.30. The van der Waals surface area contributed by atoms with Crippen molar-refractivity contribution in [2.24, 2.45) is 11.3 Å². The molecule has 21 heavy (non-hydrogen) atoms. The molecule has 0 aromatic carbocycles. The van der Waals surface area contributed by atoms with E-state index in [1.165, 1.54) is 0 Å². The fourth-order valence-electron chi connectivity index (χ4n) is 3.34. The molecule has 2 aliphatic heterocycles. The molecule has 1 amide bonds. The SMILES string of the molecule is CN1CCC2(CC1)CN(C(=O)OC(C)(C)C)CC2C(=O)O. The van der Waals surface area contributed by atoms with Crippen LogP contribution in [0.2, 0.25) is 0 Å². The molecule has 2 heterocycles. The lowest BCUT2D eigenvalue weighted by Crippen LogP contribution is -2.45. The number of nitrogens with zero attached hydrogens (tertiary/aromatic N) is 2. The highest BCUT2D eigenvalue weighted by atomic mass is 16.6. The van der Waals surface area contributed by atoms with Gasteiger partial charge >= 0.3 is 12.1 Å². The molecular weight excluding hydrogens is 272 g/mol. The molecular formula is C15H26N2O4. The maximum absolute atomic E-state index is 12.2. The number of rotatable bonds is 1. The molecule has 0 aliphatic carbocycles. The summed E-state index contributed by atoms with van der Waals surface area (Å²) in [6.07, 6.45) is 1.24. The quantitative estimate of drug-likeness (QED) is 0.797. The van der Waals surface area contributed by atoms with Gasteiger partial charge in [0.1, 0.15) is 5.60 Å². The fraction of sp³-hybridized carbons (Fsp3) is 0.867. The summed E-state index contributed by atoms with van der Waals surface area (Å²) >= 11 is 0. The van der Waals surface area contributed by atoms with Crippen molar-refractivity contribution in [3.8, 4) is 0 Å². The van der Waals surface area contributed by atoms with Crippen LogP contribution in [0.15, 0.2) is 0 Å². The van der Waals surface area contributed by atoms with Crippen LogP contribution in [0.3, 0.4) is 0 Å². The van der Waals surface area contributed by atoms with Crippen LogP contribution in [0, 0.1) is 11.3 Å². The fourth-order valence-corrected chi connectivity index (χ4v) is 3.34. The molecule has 0 aromatic rings. The Labute approximate surface area is 126 Å².